The molecule has 23 heavy (non-hydrogen) atoms. The van der Waals surface area contributed by atoms with Crippen molar-refractivity contribution in [1.29, 1.82) is 0 Å². The quantitative estimate of drug-likeness (QED) is 0.922. The molecule has 0 fully saturated rings. The number of carbonyl (C=O) groups excluding carboxylic acids is 2. The van der Waals surface area contributed by atoms with Crippen molar-refractivity contribution >= 4 is 11.8 Å². The van der Waals surface area contributed by atoms with Crippen LogP contribution in [0.1, 0.15) is 21.5 Å². The number of carbonyl (C=O) groups is 2. The van der Waals surface area contributed by atoms with Crippen molar-refractivity contribution < 1.29 is 14.0 Å². The molecule has 0 aliphatic carbocycles. The molecule has 0 aliphatic rings. The Labute approximate surface area is 134 Å². The highest BCUT2D eigenvalue weighted by Crippen LogP contribution is 2.07. The highest BCUT2D eigenvalue weighted by atomic mass is 19.1. The van der Waals surface area contributed by atoms with Crippen LogP contribution in [0.2, 0.25) is 0 Å². The number of nitrogens with one attached hydrogen (secondary N) is 1. The molecule has 2 aromatic carbocycles. The highest BCUT2D eigenvalue weighted by Gasteiger charge is 2.13. The van der Waals surface area contributed by atoms with Crippen molar-refractivity contribution in [1.82, 2.24) is 10.2 Å². The van der Waals surface area contributed by atoms with Gasteiger partial charge in [-0.2, -0.15) is 0 Å². The number of benzene rings is 2. The molecule has 0 saturated carbocycles. The van der Waals surface area contributed by atoms with E-state index in [1.807, 2.05) is 19.1 Å². The van der Waals surface area contributed by atoms with Crippen LogP contribution >= 0.6 is 0 Å². The maximum Gasteiger partial charge on any atom is 0.251 e. The number of nitrogens with zero attached hydrogens (tertiary/aromatic N) is 1. The fourth-order valence-electron chi connectivity index (χ4n) is 2.17. The van der Waals surface area contributed by atoms with Crippen LogP contribution in [0.4, 0.5) is 4.39 Å². The van der Waals surface area contributed by atoms with Gasteiger partial charge in [-0.3, -0.25) is 9.59 Å². The molecule has 0 spiro atoms. The van der Waals surface area contributed by atoms with Crippen LogP contribution < -0.4 is 5.32 Å². The lowest BCUT2D eigenvalue weighted by Gasteiger charge is -2.18. The van der Waals surface area contributed by atoms with Gasteiger partial charge in [-0.1, -0.05) is 30.3 Å². The van der Waals surface area contributed by atoms with Gasteiger partial charge in [-0.05, 0) is 36.2 Å². The summed E-state index contributed by atoms with van der Waals surface area (Å²) >= 11 is 0. The van der Waals surface area contributed by atoms with Crippen molar-refractivity contribution in [3.63, 3.8) is 0 Å². The van der Waals surface area contributed by atoms with Gasteiger partial charge in [0.2, 0.25) is 5.91 Å². The van der Waals surface area contributed by atoms with E-state index in [1.165, 1.54) is 17.0 Å². The fourth-order valence-corrected chi connectivity index (χ4v) is 2.17. The molecule has 0 bridgehead atoms. The monoisotopic (exact) mass is 314 g/mol. The van der Waals surface area contributed by atoms with Gasteiger partial charge >= 0.3 is 0 Å². The molecule has 5 heteroatoms. The third-order valence-corrected chi connectivity index (χ3v) is 3.55. The van der Waals surface area contributed by atoms with Crippen molar-refractivity contribution in [3.8, 4) is 0 Å². The summed E-state index contributed by atoms with van der Waals surface area (Å²) < 4.78 is 12.9. The van der Waals surface area contributed by atoms with E-state index in [0.717, 1.165) is 11.1 Å². The third kappa shape index (κ3) is 4.64. The molecule has 2 amide bonds. The van der Waals surface area contributed by atoms with E-state index in [-0.39, 0.29) is 24.2 Å². The molecule has 1 N–H and O–H groups in total. The van der Waals surface area contributed by atoms with E-state index < -0.39 is 0 Å². The fraction of sp³-hybridized carbons (Fsp3) is 0.222. The van der Waals surface area contributed by atoms with Gasteiger partial charge in [0.15, 0.2) is 0 Å². The second kappa shape index (κ2) is 7.54. The predicted molar refractivity (Wildman–Crippen MR) is 86.4 cm³/mol. The zero-order valence-electron chi connectivity index (χ0n) is 13.2. The number of rotatable bonds is 5. The zero-order valence-corrected chi connectivity index (χ0v) is 13.2. The average molecular weight is 314 g/mol. The molecule has 0 atom stereocenters. The normalized spacial score (nSPS) is 10.2. The number of hydrogen-bond acceptors (Lipinski definition) is 2. The Morgan fingerprint density at radius 3 is 2.39 bits per heavy atom. The Morgan fingerprint density at radius 2 is 1.74 bits per heavy atom. The Bertz CT molecular complexity index is 698. The molecule has 0 heterocycles. The summed E-state index contributed by atoms with van der Waals surface area (Å²) in [7, 11) is 1.64. The molecule has 0 unspecified atom stereocenters. The largest absolute Gasteiger partial charge is 0.343 e. The van der Waals surface area contributed by atoms with Crippen LogP contribution in [-0.2, 0) is 11.3 Å². The molecule has 2 rings (SSSR count). The van der Waals surface area contributed by atoms with E-state index in [4.69, 9.17) is 0 Å². The van der Waals surface area contributed by atoms with E-state index in [0.29, 0.717) is 12.1 Å². The summed E-state index contributed by atoms with van der Waals surface area (Å²) in [5.74, 6) is -0.795. The smallest absolute Gasteiger partial charge is 0.251 e. The minimum atomic E-state index is -0.312. The lowest BCUT2D eigenvalue weighted by Crippen LogP contribution is -2.38. The number of halogens is 1. The Kier molecular flexibility index (Phi) is 5.46. The van der Waals surface area contributed by atoms with Crippen LogP contribution in [0.15, 0.2) is 48.5 Å². The van der Waals surface area contributed by atoms with Gasteiger partial charge in [0.1, 0.15) is 5.82 Å². The van der Waals surface area contributed by atoms with Gasteiger partial charge in [0.25, 0.3) is 5.91 Å². The highest BCUT2D eigenvalue weighted by molar-refractivity contribution is 5.97. The summed E-state index contributed by atoms with van der Waals surface area (Å²) in [5.41, 5.74) is 2.24. The molecular weight excluding hydrogens is 295 g/mol. The lowest BCUT2D eigenvalue weighted by atomic mass is 10.1. The Hall–Kier alpha value is -2.69. The van der Waals surface area contributed by atoms with Crippen LogP contribution in [0.5, 0.6) is 0 Å². The first-order valence-electron chi connectivity index (χ1n) is 7.29. The molecule has 4 nitrogen and oxygen atoms in total. The number of aryl methyl sites for hydroxylation is 1. The second-order valence-corrected chi connectivity index (χ2v) is 5.37. The predicted octanol–water partition coefficient (Wildman–Crippen LogP) is 2.52. The van der Waals surface area contributed by atoms with Crippen LogP contribution in [0.25, 0.3) is 0 Å². The lowest BCUT2D eigenvalue weighted by molar-refractivity contribution is -0.129. The van der Waals surface area contributed by atoms with E-state index in [2.05, 4.69) is 5.32 Å². The SMILES string of the molecule is Cc1ccccc1C(=O)NCC(=O)N(C)Cc1ccc(F)cc1. The number of hydrogen-bond donors (Lipinski definition) is 1. The summed E-state index contributed by atoms with van der Waals surface area (Å²) in [6.07, 6.45) is 0. The molecule has 2 aromatic rings. The Balaban J connectivity index is 1.87. The van der Waals surface area contributed by atoms with Crippen molar-refractivity contribution in [2.24, 2.45) is 0 Å². The zero-order chi connectivity index (χ0) is 16.8. The average Bonchev–Trinajstić information content (AvgIpc) is 2.54. The molecule has 0 saturated heterocycles. The maximum atomic E-state index is 12.9. The topological polar surface area (TPSA) is 49.4 Å². The molecular formula is C18H19FN2O2. The molecule has 0 radical (unpaired) electrons. The summed E-state index contributed by atoms with van der Waals surface area (Å²) in [4.78, 5) is 25.6. The summed E-state index contributed by atoms with van der Waals surface area (Å²) in [6, 6.07) is 13.2. The number of amides is 2. The third-order valence-electron chi connectivity index (χ3n) is 3.55. The standard InChI is InChI=1S/C18H19FN2O2/c1-13-5-3-4-6-16(13)18(23)20-11-17(22)21(2)12-14-7-9-15(19)10-8-14/h3-10H,11-12H2,1-2H3,(H,20,23). The first-order chi connectivity index (χ1) is 11.0. The van der Waals surface area contributed by atoms with Gasteiger partial charge < -0.3 is 10.2 Å². The van der Waals surface area contributed by atoms with Gasteiger partial charge in [-0.15, -0.1) is 0 Å². The van der Waals surface area contributed by atoms with E-state index >= 15 is 0 Å². The molecule has 0 aromatic heterocycles. The van der Waals surface area contributed by atoms with Gasteiger partial charge in [0, 0.05) is 19.2 Å². The van der Waals surface area contributed by atoms with Gasteiger partial charge in [-0.25, -0.2) is 4.39 Å². The first-order valence-corrected chi connectivity index (χ1v) is 7.29. The van der Waals surface area contributed by atoms with Crippen molar-refractivity contribution in [3.05, 3.63) is 71.0 Å². The van der Waals surface area contributed by atoms with Gasteiger partial charge in [0.05, 0.1) is 6.54 Å². The summed E-state index contributed by atoms with van der Waals surface area (Å²) in [5, 5.41) is 2.63. The second-order valence-electron chi connectivity index (χ2n) is 5.37. The van der Waals surface area contributed by atoms with Crippen LogP contribution in [0.3, 0.4) is 0 Å². The number of likely N-dealkylation sites (N-methyl/N-ethyl adjacent to an activating group) is 1. The minimum absolute atomic E-state index is 0.0785. The molecule has 0 aliphatic heterocycles. The Morgan fingerprint density at radius 1 is 1.09 bits per heavy atom. The van der Waals surface area contributed by atoms with Crippen LogP contribution in [-0.4, -0.2) is 30.3 Å². The minimum Gasteiger partial charge on any atom is -0.343 e. The van der Waals surface area contributed by atoms with E-state index in [9.17, 15) is 14.0 Å². The molecule has 120 valence electrons. The van der Waals surface area contributed by atoms with Crippen molar-refractivity contribution in [2.75, 3.05) is 13.6 Å². The van der Waals surface area contributed by atoms with Crippen LogP contribution in [0, 0.1) is 12.7 Å². The summed E-state index contributed by atoms with van der Waals surface area (Å²) in [6.45, 7) is 2.13. The maximum absolute atomic E-state index is 12.9. The first kappa shape index (κ1) is 16.7. The van der Waals surface area contributed by atoms with Crippen molar-refractivity contribution in [2.45, 2.75) is 13.5 Å². The van der Waals surface area contributed by atoms with E-state index in [1.54, 1.807) is 31.3 Å².